The summed E-state index contributed by atoms with van der Waals surface area (Å²) >= 11 is 0. The molecule has 0 N–H and O–H groups in total. The largest absolute Gasteiger partial charge is 0.498 e. The van der Waals surface area contributed by atoms with E-state index in [0.717, 1.165) is 18.6 Å². The van der Waals surface area contributed by atoms with Crippen LogP contribution >= 0.6 is 0 Å². The molecule has 3 rings (SSSR count). The Kier molecular flexibility index (Phi) is 4.53. The van der Waals surface area contributed by atoms with Gasteiger partial charge in [0.05, 0.1) is 11.2 Å². The minimum Gasteiger partial charge on any atom is -0.399 e. The van der Waals surface area contributed by atoms with Gasteiger partial charge in [0.2, 0.25) is 11.9 Å². The average Bonchev–Trinajstić information content (AvgIpc) is 2.75. The number of hydrogen-bond donors (Lipinski definition) is 0. The van der Waals surface area contributed by atoms with Gasteiger partial charge >= 0.3 is 7.12 Å². The molecule has 8 heteroatoms. The van der Waals surface area contributed by atoms with Crippen LogP contribution < -0.4 is 10.4 Å². The van der Waals surface area contributed by atoms with Crippen LogP contribution in [0.5, 0.6) is 0 Å². The number of aromatic nitrogens is 2. The van der Waals surface area contributed by atoms with Crippen LogP contribution in [0.25, 0.3) is 0 Å². The van der Waals surface area contributed by atoms with Crippen LogP contribution in [0.1, 0.15) is 41.5 Å². The van der Waals surface area contributed by atoms with E-state index in [1.807, 2.05) is 39.5 Å². The average molecular weight is 346 g/mol. The van der Waals surface area contributed by atoms with Crippen molar-refractivity contribution in [1.29, 1.82) is 0 Å². The molecule has 0 aliphatic carbocycles. The van der Waals surface area contributed by atoms with Crippen molar-refractivity contribution >= 4 is 24.4 Å². The Morgan fingerprint density at radius 3 is 2.20 bits per heavy atom. The van der Waals surface area contributed by atoms with Crippen LogP contribution in [-0.4, -0.2) is 64.8 Å². The molecule has 2 aliphatic heterocycles. The maximum atomic E-state index is 11.6. The van der Waals surface area contributed by atoms with E-state index >= 15 is 0 Å². The van der Waals surface area contributed by atoms with Gasteiger partial charge in [-0.1, -0.05) is 0 Å². The number of anilines is 1. The van der Waals surface area contributed by atoms with Crippen molar-refractivity contribution in [3.8, 4) is 0 Å². The van der Waals surface area contributed by atoms with E-state index in [-0.39, 0.29) is 23.2 Å². The predicted molar refractivity (Wildman–Crippen MR) is 96.8 cm³/mol. The molecule has 0 bridgehead atoms. The van der Waals surface area contributed by atoms with E-state index in [2.05, 4.69) is 14.9 Å². The second-order valence-corrected chi connectivity index (χ2v) is 7.91. The Labute approximate surface area is 149 Å². The highest BCUT2D eigenvalue weighted by Crippen LogP contribution is 2.36. The summed E-state index contributed by atoms with van der Waals surface area (Å²) < 4.78 is 12.1. The lowest BCUT2D eigenvalue weighted by Crippen LogP contribution is -2.54. The van der Waals surface area contributed by atoms with Gasteiger partial charge in [0, 0.05) is 50.5 Å². The first kappa shape index (κ1) is 18.1. The summed E-state index contributed by atoms with van der Waals surface area (Å²) in [5.74, 6) is 0.791. The molecule has 7 nitrogen and oxygen atoms in total. The normalized spacial score (nSPS) is 25.4. The van der Waals surface area contributed by atoms with Gasteiger partial charge < -0.3 is 19.1 Å². The third-order valence-electron chi connectivity index (χ3n) is 5.50. The molecule has 1 aromatic heterocycles. The fraction of sp³-hybridized carbons (Fsp3) is 0.706. The molecular weight excluding hydrogens is 319 g/mol. The fourth-order valence-corrected chi connectivity index (χ4v) is 3.20. The van der Waals surface area contributed by atoms with Gasteiger partial charge in [-0.25, -0.2) is 9.97 Å². The lowest BCUT2D eigenvalue weighted by molar-refractivity contribution is -0.131. The van der Waals surface area contributed by atoms with Crippen molar-refractivity contribution in [3.63, 3.8) is 0 Å². The molecule has 0 unspecified atom stereocenters. The van der Waals surface area contributed by atoms with Gasteiger partial charge in [0.1, 0.15) is 0 Å². The number of piperazine rings is 1. The second-order valence-electron chi connectivity index (χ2n) is 7.91. The molecule has 2 saturated heterocycles. The summed E-state index contributed by atoms with van der Waals surface area (Å²) in [6.07, 6.45) is 3.54. The first-order valence-electron chi connectivity index (χ1n) is 8.80. The fourth-order valence-electron chi connectivity index (χ4n) is 3.20. The molecule has 136 valence electrons. The Hall–Kier alpha value is -1.67. The zero-order valence-electron chi connectivity index (χ0n) is 15.9. The van der Waals surface area contributed by atoms with E-state index in [9.17, 15) is 4.79 Å². The monoisotopic (exact) mass is 346 g/mol. The number of amides is 1. The zero-order valence-corrected chi connectivity index (χ0v) is 15.9. The van der Waals surface area contributed by atoms with Gasteiger partial charge in [0.25, 0.3) is 0 Å². The van der Waals surface area contributed by atoms with E-state index in [1.54, 1.807) is 19.3 Å². The van der Waals surface area contributed by atoms with Crippen molar-refractivity contribution in [2.75, 3.05) is 24.5 Å². The molecule has 1 amide bonds. The van der Waals surface area contributed by atoms with Crippen molar-refractivity contribution in [1.82, 2.24) is 14.9 Å². The van der Waals surface area contributed by atoms with Crippen LogP contribution in [0, 0.1) is 0 Å². The minimum atomic E-state index is -0.451. The molecular formula is C17H27BN4O3. The SMILES string of the molecule is CC(=O)N1CCN(c2ncc(B3OC(C)(C)C(C)(C)O3)cn2)C[C@@H]1C. The van der Waals surface area contributed by atoms with Crippen LogP contribution in [0.15, 0.2) is 12.4 Å². The Morgan fingerprint density at radius 1 is 1.16 bits per heavy atom. The first-order valence-corrected chi connectivity index (χ1v) is 8.80. The maximum Gasteiger partial charge on any atom is 0.498 e. The van der Waals surface area contributed by atoms with Gasteiger partial charge in [-0.2, -0.15) is 0 Å². The molecule has 0 spiro atoms. The summed E-state index contributed by atoms with van der Waals surface area (Å²) in [6.45, 7) is 13.9. The summed E-state index contributed by atoms with van der Waals surface area (Å²) in [5, 5.41) is 0. The third kappa shape index (κ3) is 3.37. The quantitative estimate of drug-likeness (QED) is 0.739. The number of rotatable bonds is 2. The lowest BCUT2D eigenvalue weighted by Gasteiger charge is -2.39. The highest BCUT2D eigenvalue weighted by molar-refractivity contribution is 6.61. The van der Waals surface area contributed by atoms with Crippen LogP contribution in [0.2, 0.25) is 0 Å². The van der Waals surface area contributed by atoms with Gasteiger partial charge in [0.15, 0.2) is 0 Å². The van der Waals surface area contributed by atoms with Crippen molar-refractivity contribution < 1.29 is 14.1 Å². The van der Waals surface area contributed by atoms with Crippen molar-refractivity contribution in [2.45, 2.75) is 58.8 Å². The van der Waals surface area contributed by atoms with E-state index < -0.39 is 7.12 Å². The zero-order chi connectivity index (χ0) is 18.4. The molecule has 0 saturated carbocycles. The maximum absolute atomic E-state index is 11.6. The highest BCUT2D eigenvalue weighted by atomic mass is 16.7. The first-order chi connectivity index (χ1) is 11.6. The minimum absolute atomic E-state index is 0.115. The number of hydrogen-bond acceptors (Lipinski definition) is 6. The van der Waals surface area contributed by atoms with Crippen LogP contribution in [0.4, 0.5) is 5.95 Å². The molecule has 2 fully saturated rings. The summed E-state index contributed by atoms with van der Waals surface area (Å²) in [5.41, 5.74) is 0.0571. The third-order valence-corrected chi connectivity index (χ3v) is 5.50. The van der Waals surface area contributed by atoms with Gasteiger partial charge in [-0.05, 0) is 34.6 Å². The van der Waals surface area contributed by atoms with E-state index in [1.165, 1.54) is 0 Å². The molecule has 1 atom stereocenters. The van der Waals surface area contributed by atoms with Crippen molar-refractivity contribution in [2.24, 2.45) is 0 Å². The molecule has 1 aromatic rings. The molecule has 25 heavy (non-hydrogen) atoms. The van der Waals surface area contributed by atoms with Crippen molar-refractivity contribution in [3.05, 3.63) is 12.4 Å². The predicted octanol–water partition coefficient (Wildman–Crippen LogP) is 0.833. The summed E-state index contributed by atoms with van der Waals surface area (Å²) in [4.78, 5) is 24.6. The second kappa shape index (κ2) is 6.25. The van der Waals surface area contributed by atoms with Gasteiger partial charge in [-0.15, -0.1) is 0 Å². The lowest BCUT2D eigenvalue weighted by atomic mass is 9.81. The molecule has 3 heterocycles. The molecule has 0 aromatic carbocycles. The Morgan fingerprint density at radius 2 is 1.72 bits per heavy atom. The van der Waals surface area contributed by atoms with Crippen LogP contribution in [-0.2, 0) is 14.1 Å². The standard InChI is InChI=1S/C17H27BN4O3/c1-12-11-21(7-8-22(12)13(2)23)15-19-9-14(10-20-15)18-24-16(3,4)17(5,6)25-18/h9-10,12H,7-8,11H2,1-6H3/t12-/m0/s1. The van der Waals surface area contributed by atoms with Crippen LogP contribution in [0.3, 0.4) is 0 Å². The Bertz CT molecular complexity index is 634. The number of carbonyl (C=O) groups is 1. The molecule has 2 aliphatic rings. The van der Waals surface area contributed by atoms with Gasteiger partial charge in [-0.3, -0.25) is 4.79 Å². The highest BCUT2D eigenvalue weighted by Gasteiger charge is 2.52. The summed E-state index contributed by atoms with van der Waals surface area (Å²) in [7, 11) is -0.451. The number of nitrogens with zero attached hydrogens (tertiary/aromatic N) is 4. The Balaban J connectivity index is 1.69. The topological polar surface area (TPSA) is 67.8 Å². The molecule has 0 radical (unpaired) electrons. The van der Waals surface area contributed by atoms with E-state index in [4.69, 9.17) is 9.31 Å². The van der Waals surface area contributed by atoms with E-state index in [0.29, 0.717) is 12.5 Å². The smallest absolute Gasteiger partial charge is 0.399 e. The number of carbonyl (C=O) groups excluding carboxylic acids is 1. The summed E-state index contributed by atoms with van der Waals surface area (Å²) in [6, 6.07) is 0.151.